The summed E-state index contributed by atoms with van der Waals surface area (Å²) in [6, 6.07) is 10.00. The van der Waals surface area contributed by atoms with Gasteiger partial charge in [-0.1, -0.05) is 19.1 Å². The van der Waals surface area contributed by atoms with Crippen LogP contribution in [0.3, 0.4) is 0 Å². The van der Waals surface area contributed by atoms with Gasteiger partial charge in [-0.2, -0.15) is 0 Å². The van der Waals surface area contributed by atoms with Gasteiger partial charge in [-0.25, -0.2) is 4.98 Å². The molecule has 23 heavy (non-hydrogen) atoms. The van der Waals surface area contributed by atoms with Crippen molar-refractivity contribution in [2.24, 2.45) is 0 Å². The molecule has 0 radical (unpaired) electrons. The van der Waals surface area contributed by atoms with E-state index < -0.39 is 0 Å². The van der Waals surface area contributed by atoms with Crippen molar-refractivity contribution in [2.75, 3.05) is 5.32 Å². The third kappa shape index (κ3) is 2.97. The molecule has 4 heteroatoms. The number of carbonyl (C=O) groups is 1. The van der Waals surface area contributed by atoms with E-state index in [9.17, 15) is 4.79 Å². The van der Waals surface area contributed by atoms with Crippen LogP contribution in [-0.4, -0.2) is 15.3 Å². The average molecular weight is 307 g/mol. The quantitative estimate of drug-likeness (QED) is 0.792. The predicted octanol–water partition coefficient (Wildman–Crippen LogP) is 4.07. The van der Waals surface area contributed by atoms with E-state index in [1.165, 1.54) is 0 Å². The van der Waals surface area contributed by atoms with Crippen LogP contribution < -0.4 is 5.32 Å². The van der Waals surface area contributed by atoms with Gasteiger partial charge in [0.15, 0.2) is 0 Å². The first-order valence-electron chi connectivity index (χ1n) is 7.85. The Kier molecular flexibility index (Phi) is 3.90. The van der Waals surface area contributed by atoms with Gasteiger partial charge in [0.05, 0.1) is 5.69 Å². The predicted molar refractivity (Wildman–Crippen MR) is 93.2 cm³/mol. The number of fused-ring (bicyclic) bond motifs is 1. The second-order valence-corrected chi connectivity index (χ2v) is 6.03. The molecule has 0 aliphatic heterocycles. The molecule has 1 amide bonds. The molecule has 0 unspecified atom stereocenters. The molecule has 1 aromatic carbocycles. The van der Waals surface area contributed by atoms with Crippen molar-refractivity contribution in [3.63, 3.8) is 0 Å². The van der Waals surface area contributed by atoms with Crippen molar-refractivity contribution in [1.29, 1.82) is 0 Å². The summed E-state index contributed by atoms with van der Waals surface area (Å²) in [5, 5.41) is 3.01. The van der Waals surface area contributed by atoms with Crippen LogP contribution in [0.25, 0.3) is 5.65 Å². The topological polar surface area (TPSA) is 46.4 Å². The van der Waals surface area contributed by atoms with Gasteiger partial charge in [-0.15, -0.1) is 0 Å². The number of nitrogens with one attached hydrogen (secondary N) is 1. The Bertz CT molecular complexity index is 873. The van der Waals surface area contributed by atoms with Crippen molar-refractivity contribution in [3.05, 3.63) is 64.6 Å². The number of nitrogens with zero attached hydrogens (tertiary/aromatic N) is 2. The Balaban J connectivity index is 2.04. The lowest BCUT2D eigenvalue weighted by molar-refractivity contribution is 0.102. The van der Waals surface area contributed by atoms with Crippen LogP contribution in [0.4, 0.5) is 5.69 Å². The number of anilines is 1. The molecule has 0 aliphatic carbocycles. The first-order chi connectivity index (χ1) is 11.0. The van der Waals surface area contributed by atoms with Gasteiger partial charge in [-0.05, 0) is 62.1 Å². The summed E-state index contributed by atoms with van der Waals surface area (Å²) in [6.45, 7) is 8.08. The summed E-state index contributed by atoms with van der Waals surface area (Å²) in [5.74, 6) is -0.120. The maximum Gasteiger partial charge on any atom is 0.274 e. The van der Waals surface area contributed by atoms with Crippen LogP contribution in [0.15, 0.2) is 36.5 Å². The second kappa shape index (κ2) is 5.88. The zero-order chi connectivity index (χ0) is 16.6. The smallest absolute Gasteiger partial charge is 0.274 e. The summed E-state index contributed by atoms with van der Waals surface area (Å²) >= 11 is 0. The Morgan fingerprint density at radius 3 is 2.43 bits per heavy atom. The van der Waals surface area contributed by atoms with Crippen molar-refractivity contribution >= 4 is 17.2 Å². The highest BCUT2D eigenvalue weighted by atomic mass is 16.2. The molecule has 0 atom stereocenters. The standard InChI is InChI=1S/C19H21N3O/c1-5-16-18(22-11-12(2)6-7-17(22)21-16)19(23)20-15-9-13(3)8-14(4)10-15/h6-11H,5H2,1-4H3,(H,20,23). The van der Waals surface area contributed by atoms with Gasteiger partial charge in [-0.3, -0.25) is 9.20 Å². The number of aryl methyl sites for hydroxylation is 4. The monoisotopic (exact) mass is 307 g/mol. The Labute approximate surface area is 136 Å². The normalized spacial score (nSPS) is 11.0. The summed E-state index contributed by atoms with van der Waals surface area (Å²) in [5.41, 5.74) is 6.41. The molecule has 3 rings (SSSR count). The molecule has 0 saturated carbocycles. The number of rotatable bonds is 3. The summed E-state index contributed by atoms with van der Waals surface area (Å²) < 4.78 is 1.88. The maximum absolute atomic E-state index is 12.8. The molecule has 118 valence electrons. The first kappa shape index (κ1) is 15.3. The van der Waals surface area contributed by atoms with E-state index in [4.69, 9.17) is 0 Å². The number of benzene rings is 1. The fourth-order valence-electron chi connectivity index (χ4n) is 2.92. The van der Waals surface area contributed by atoms with Crippen molar-refractivity contribution in [3.8, 4) is 0 Å². The molecule has 0 bridgehead atoms. The van der Waals surface area contributed by atoms with Crippen LogP contribution in [0.5, 0.6) is 0 Å². The molecule has 0 spiro atoms. The van der Waals surface area contributed by atoms with Gasteiger partial charge < -0.3 is 5.32 Å². The van der Waals surface area contributed by atoms with Crippen LogP contribution in [-0.2, 0) is 6.42 Å². The van der Waals surface area contributed by atoms with Crippen LogP contribution in [0, 0.1) is 20.8 Å². The number of pyridine rings is 1. The lowest BCUT2D eigenvalue weighted by atomic mass is 10.1. The fraction of sp³-hybridized carbons (Fsp3) is 0.263. The van der Waals surface area contributed by atoms with E-state index in [-0.39, 0.29) is 5.91 Å². The maximum atomic E-state index is 12.8. The molecule has 1 N–H and O–H groups in total. The molecule has 0 fully saturated rings. The largest absolute Gasteiger partial charge is 0.321 e. The van der Waals surface area contributed by atoms with Gasteiger partial charge in [0.1, 0.15) is 11.3 Å². The highest BCUT2D eigenvalue weighted by Crippen LogP contribution is 2.19. The van der Waals surface area contributed by atoms with Crippen molar-refractivity contribution in [2.45, 2.75) is 34.1 Å². The molecule has 0 saturated heterocycles. The van der Waals surface area contributed by atoms with E-state index in [2.05, 4.69) is 16.4 Å². The van der Waals surface area contributed by atoms with Gasteiger partial charge in [0, 0.05) is 11.9 Å². The second-order valence-electron chi connectivity index (χ2n) is 6.03. The lowest BCUT2D eigenvalue weighted by Crippen LogP contribution is -2.16. The highest BCUT2D eigenvalue weighted by Gasteiger charge is 2.18. The van der Waals surface area contributed by atoms with Crippen LogP contribution in [0.2, 0.25) is 0 Å². The number of hydrogen-bond donors (Lipinski definition) is 1. The van der Waals surface area contributed by atoms with E-state index in [0.29, 0.717) is 5.69 Å². The van der Waals surface area contributed by atoms with E-state index in [1.54, 1.807) is 0 Å². The Morgan fingerprint density at radius 2 is 1.78 bits per heavy atom. The number of hydrogen-bond acceptors (Lipinski definition) is 2. The van der Waals surface area contributed by atoms with Crippen molar-refractivity contribution < 1.29 is 4.79 Å². The average Bonchev–Trinajstić information content (AvgIpc) is 2.83. The van der Waals surface area contributed by atoms with Gasteiger partial charge >= 0.3 is 0 Å². The Morgan fingerprint density at radius 1 is 1.09 bits per heavy atom. The number of carbonyl (C=O) groups excluding carboxylic acids is 1. The molecular formula is C19H21N3O. The van der Waals surface area contributed by atoms with Gasteiger partial charge in [0.25, 0.3) is 5.91 Å². The summed E-state index contributed by atoms with van der Waals surface area (Å²) in [6.07, 6.45) is 2.67. The van der Waals surface area contributed by atoms with Gasteiger partial charge in [0.2, 0.25) is 0 Å². The first-order valence-corrected chi connectivity index (χ1v) is 7.85. The lowest BCUT2D eigenvalue weighted by Gasteiger charge is -2.09. The third-order valence-corrected chi connectivity index (χ3v) is 3.87. The SMILES string of the molecule is CCc1nc2ccc(C)cn2c1C(=O)Nc1cc(C)cc(C)c1. The zero-order valence-electron chi connectivity index (χ0n) is 14.0. The summed E-state index contributed by atoms with van der Waals surface area (Å²) in [4.78, 5) is 17.4. The molecule has 4 nitrogen and oxygen atoms in total. The summed E-state index contributed by atoms with van der Waals surface area (Å²) in [7, 11) is 0. The molecule has 3 aromatic rings. The highest BCUT2D eigenvalue weighted by molar-refractivity contribution is 6.04. The third-order valence-electron chi connectivity index (χ3n) is 3.87. The molecule has 2 aromatic heterocycles. The molecule has 0 aliphatic rings. The number of imidazole rings is 1. The number of amides is 1. The minimum absolute atomic E-state index is 0.120. The zero-order valence-corrected chi connectivity index (χ0v) is 14.0. The van der Waals surface area contributed by atoms with E-state index in [0.717, 1.165) is 40.1 Å². The molecular weight excluding hydrogens is 286 g/mol. The fourth-order valence-corrected chi connectivity index (χ4v) is 2.92. The van der Waals surface area contributed by atoms with Crippen LogP contribution in [0.1, 0.15) is 39.8 Å². The number of aromatic nitrogens is 2. The molecule has 2 heterocycles. The Hall–Kier alpha value is -2.62. The minimum atomic E-state index is -0.120. The van der Waals surface area contributed by atoms with E-state index >= 15 is 0 Å². The van der Waals surface area contributed by atoms with Crippen LogP contribution >= 0.6 is 0 Å². The van der Waals surface area contributed by atoms with E-state index in [1.807, 2.05) is 62.6 Å². The minimum Gasteiger partial charge on any atom is -0.321 e. The van der Waals surface area contributed by atoms with Crippen molar-refractivity contribution in [1.82, 2.24) is 9.38 Å².